The van der Waals surface area contributed by atoms with E-state index in [2.05, 4.69) is 0 Å². The van der Waals surface area contributed by atoms with Crippen LogP contribution in [0, 0.1) is 27.9 Å². The van der Waals surface area contributed by atoms with Crippen LogP contribution in [0.2, 0.25) is 0 Å². The van der Waals surface area contributed by atoms with Crippen molar-refractivity contribution in [1.82, 2.24) is 0 Å². The molecule has 3 rings (SSSR count). The second kappa shape index (κ2) is 7.90. The molecule has 0 bridgehead atoms. The summed E-state index contributed by atoms with van der Waals surface area (Å²) in [4.78, 5) is 0.199. The summed E-state index contributed by atoms with van der Waals surface area (Å²) in [5.41, 5.74) is 3.28. The summed E-state index contributed by atoms with van der Waals surface area (Å²) >= 11 is -2.60. The van der Waals surface area contributed by atoms with Crippen LogP contribution in [-0.4, -0.2) is 8.42 Å². The Morgan fingerprint density at radius 2 is 0.962 bits per heavy atom. The summed E-state index contributed by atoms with van der Waals surface area (Å²) in [6.07, 6.45) is 0. The molecule has 136 valence electrons. The second-order valence-corrected chi connectivity index (χ2v) is 12.7. The maximum atomic E-state index is 12.9. The molecule has 26 heavy (non-hydrogen) atoms. The normalized spacial score (nSPS) is 12.0. The van der Waals surface area contributed by atoms with Gasteiger partial charge in [0.25, 0.3) is 0 Å². The first-order chi connectivity index (χ1) is 12.3. The molecule has 3 aromatic carbocycles. The number of aryl methyl sites for hydroxylation is 3. The molecular weight excluding hydrogens is 459 g/mol. The van der Waals surface area contributed by atoms with E-state index in [1.807, 2.05) is 69.3 Å². The summed E-state index contributed by atoms with van der Waals surface area (Å²) in [6, 6.07) is 22.7. The van der Waals surface area contributed by atoms with Gasteiger partial charge in [0.05, 0.1) is 0 Å². The molecule has 0 radical (unpaired) electrons. The van der Waals surface area contributed by atoms with Gasteiger partial charge in [0.15, 0.2) is 0 Å². The molecule has 0 aliphatic heterocycles. The molecule has 0 saturated heterocycles. The quantitative estimate of drug-likeness (QED) is 0.455. The molecule has 0 fully saturated rings. The van der Waals surface area contributed by atoms with Gasteiger partial charge in [-0.05, 0) is 0 Å². The molecular formula is C21H21IO3S. The Morgan fingerprint density at radius 1 is 0.615 bits per heavy atom. The van der Waals surface area contributed by atoms with Gasteiger partial charge >= 0.3 is 164 Å². The van der Waals surface area contributed by atoms with Crippen LogP contribution < -0.4 is 0 Å². The van der Waals surface area contributed by atoms with Gasteiger partial charge in [-0.1, -0.05) is 0 Å². The maximum absolute atomic E-state index is 12.9. The van der Waals surface area contributed by atoms with Crippen molar-refractivity contribution in [3.63, 3.8) is 0 Å². The van der Waals surface area contributed by atoms with Crippen molar-refractivity contribution in [1.29, 1.82) is 0 Å². The van der Waals surface area contributed by atoms with E-state index in [-0.39, 0.29) is 4.90 Å². The van der Waals surface area contributed by atoms with Gasteiger partial charge in [-0.25, -0.2) is 0 Å². The third-order valence-electron chi connectivity index (χ3n) is 3.87. The van der Waals surface area contributed by atoms with E-state index < -0.39 is 30.4 Å². The van der Waals surface area contributed by atoms with Crippen LogP contribution in [0.4, 0.5) is 0 Å². The second-order valence-electron chi connectivity index (χ2n) is 6.17. The predicted molar refractivity (Wildman–Crippen MR) is 113 cm³/mol. The monoisotopic (exact) mass is 480 g/mol. The van der Waals surface area contributed by atoms with Crippen molar-refractivity contribution in [3.05, 3.63) is 96.6 Å². The first kappa shape index (κ1) is 19.1. The van der Waals surface area contributed by atoms with E-state index in [0.29, 0.717) is 0 Å². The minimum atomic E-state index is -3.82. The molecule has 0 saturated carbocycles. The molecule has 0 atom stereocenters. The van der Waals surface area contributed by atoms with Gasteiger partial charge < -0.3 is 0 Å². The standard InChI is InChI=1S/C21H21IO3S/c1-16-4-10-19(11-5-16)22(20-12-6-17(2)7-13-20)25-26(23,24)21-14-8-18(3)9-15-21/h4-15H,1-3H3. The Balaban J connectivity index is 2.01. The molecule has 0 spiro atoms. The van der Waals surface area contributed by atoms with E-state index >= 15 is 0 Å². The van der Waals surface area contributed by atoms with E-state index in [4.69, 9.17) is 2.51 Å². The molecule has 0 aliphatic carbocycles. The molecule has 3 nitrogen and oxygen atoms in total. The molecule has 0 amide bonds. The molecule has 0 unspecified atom stereocenters. The van der Waals surface area contributed by atoms with Crippen LogP contribution in [0.25, 0.3) is 0 Å². The van der Waals surface area contributed by atoms with Gasteiger partial charge in [0, 0.05) is 0 Å². The van der Waals surface area contributed by atoms with Crippen LogP contribution in [0.15, 0.2) is 77.7 Å². The minimum absolute atomic E-state index is 0.199. The number of benzene rings is 3. The van der Waals surface area contributed by atoms with E-state index in [1.54, 1.807) is 24.3 Å². The topological polar surface area (TPSA) is 43.4 Å². The van der Waals surface area contributed by atoms with Crippen LogP contribution in [0.1, 0.15) is 16.7 Å². The number of hydrogen-bond donors (Lipinski definition) is 0. The van der Waals surface area contributed by atoms with Gasteiger partial charge in [0.1, 0.15) is 0 Å². The molecule has 0 aromatic heterocycles. The Labute approximate surface area is 163 Å². The first-order valence-electron chi connectivity index (χ1n) is 8.20. The average Bonchev–Trinajstić information content (AvgIpc) is 2.62. The number of halogens is 1. The Hall–Kier alpha value is -1.70. The van der Waals surface area contributed by atoms with Crippen molar-refractivity contribution in [2.75, 3.05) is 0 Å². The average molecular weight is 480 g/mol. The molecule has 0 heterocycles. The van der Waals surface area contributed by atoms with Crippen molar-refractivity contribution in [2.24, 2.45) is 0 Å². The zero-order valence-corrected chi connectivity index (χ0v) is 17.9. The molecule has 3 aromatic rings. The summed E-state index contributed by atoms with van der Waals surface area (Å²) in [7, 11) is -3.82. The number of hydrogen-bond acceptors (Lipinski definition) is 3. The Morgan fingerprint density at radius 3 is 1.35 bits per heavy atom. The van der Waals surface area contributed by atoms with Crippen LogP contribution >= 0.6 is 20.2 Å². The fourth-order valence-electron chi connectivity index (χ4n) is 2.32. The van der Waals surface area contributed by atoms with Gasteiger partial charge in [-0.15, -0.1) is 0 Å². The van der Waals surface area contributed by atoms with Crippen LogP contribution in [0.3, 0.4) is 0 Å². The van der Waals surface area contributed by atoms with E-state index in [9.17, 15) is 8.42 Å². The number of rotatable bonds is 5. The third-order valence-corrected chi connectivity index (χ3v) is 11.2. The van der Waals surface area contributed by atoms with Crippen LogP contribution in [0.5, 0.6) is 0 Å². The van der Waals surface area contributed by atoms with Gasteiger partial charge in [-0.2, -0.15) is 0 Å². The summed E-state index contributed by atoms with van der Waals surface area (Å²) in [5, 5.41) is 0. The summed E-state index contributed by atoms with van der Waals surface area (Å²) in [6.45, 7) is 5.95. The van der Waals surface area contributed by atoms with Crippen LogP contribution in [-0.2, 0) is 12.6 Å². The van der Waals surface area contributed by atoms with E-state index in [1.165, 1.54) is 0 Å². The van der Waals surface area contributed by atoms with Crippen molar-refractivity contribution < 1.29 is 10.9 Å². The summed E-state index contributed by atoms with van der Waals surface area (Å²) < 4.78 is 33.5. The van der Waals surface area contributed by atoms with E-state index in [0.717, 1.165) is 23.8 Å². The van der Waals surface area contributed by atoms with Gasteiger partial charge in [0.2, 0.25) is 0 Å². The predicted octanol–water partition coefficient (Wildman–Crippen LogP) is 5.48. The fourth-order valence-corrected chi connectivity index (χ4v) is 9.21. The van der Waals surface area contributed by atoms with Crippen molar-refractivity contribution >= 4 is 30.4 Å². The SMILES string of the molecule is Cc1ccc(I(OS(=O)(=O)c2ccc(C)cc2)c2ccc(C)cc2)cc1. The summed E-state index contributed by atoms with van der Waals surface area (Å²) in [5.74, 6) is 0. The molecule has 0 aliphatic rings. The first-order valence-corrected chi connectivity index (χ1v) is 12.6. The Bertz CT molecular complexity index is 931. The third kappa shape index (κ3) is 4.52. The zero-order valence-electron chi connectivity index (χ0n) is 14.9. The molecule has 5 heteroatoms. The van der Waals surface area contributed by atoms with Gasteiger partial charge in [-0.3, -0.25) is 0 Å². The Kier molecular flexibility index (Phi) is 5.79. The molecule has 0 N–H and O–H groups in total. The van der Waals surface area contributed by atoms with Crippen molar-refractivity contribution in [2.45, 2.75) is 25.7 Å². The fraction of sp³-hybridized carbons (Fsp3) is 0.143. The zero-order chi connectivity index (χ0) is 18.7. The van der Waals surface area contributed by atoms with Crippen molar-refractivity contribution in [3.8, 4) is 0 Å².